The predicted molar refractivity (Wildman–Crippen MR) is 111 cm³/mol. The molecule has 1 fully saturated rings. The van der Waals surface area contributed by atoms with Crippen molar-refractivity contribution < 1.29 is 4.74 Å². The molecule has 1 aliphatic heterocycles. The molecule has 0 aliphatic carbocycles. The molecule has 6 heteroatoms. The second-order valence-electron chi connectivity index (χ2n) is 7.18. The minimum Gasteiger partial charge on any atom is -0.379 e. The number of morpholine rings is 1. The fraction of sp³-hybridized carbons (Fsp3) is 0.429. The smallest absolute Gasteiger partial charge is 0.146 e. The van der Waals surface area contributed by atoms with E-state index in [1.165, 1.54) is 21.6 Å². The summed E-state index contributed by atoms with van der Waals surface area (Å²) in [5.41, 5.74) is 3.81. The van der Waals surface area contributed by atoms with E-state index in [4.69, 9.17) is 14.7 Å². The van der Waals surface area contributed by atoms with Gasteiger partial charge in [0.25, 0.3) is 0 Å². The van der Waals surface area contributed by atoms with E-state index in [2.05, 4.69) is 55.3 Å². The molecule has 1 aliphatic rings. The van der Waals surface area contributed by atoms with Crippen LogP contribution in [0.4, 0.5) is 5.82 Å². The molecule has 1 N–H and O–H groups in total. The monoisotopic (exact) mass is 382 g/mol. The molecule has 1 saturated heterocycles. The third kappa shape index (κ3) is 4.13. The zero-order chi connectivity index (χ0) is 18.8. The van der Waals surface area contributed by atoms with Gasteiger partial charge in [-0.3, -0.25) is 4.90 Å². The van der Waals surface area contributed by atoms with Crippen LogP contribution in [0.25, 0.3) is 10.2 Å². The number of hydrogen-bond acceptors (Lipinski definition) is 6. The summed E-state index contributed by atoms with van der Waals surface area (Å²) in [6, 6.07) is 8.63. The number of thiophene rings is 1. The molecule has 3 heterocycles. The van der Waals surface area contributed by atoms with E-state index in [-0.39, 0.29) is 0 Å². The van der Waals surface area contributed by atoms with Crippen molar-refractivity contribution in [2.45, 2.75) is 33.9 Å². The Morgan fingerprint density at radius 1 is 1.07 bits per heavy atom. The van der Waals surface area contributed by atoms with Crippen molar-refractivity contribution in [1.29, 1.82) is 0 Å². The largest absolute Gasteiger partial charge is 0.379 e. The summed E-state index contributed by atoms with van der Waals surface area (Å²) in [4.78, 5) is 14.5. The molecule has 1 aromatic carbocycles. The van der Waals surface area contributed by atoms with Gasteiger partial charge in [0.15, 0.2) is 0 Å². The molecule has 4 rings (SSSR count). The van der Waals surface area contributed by atoms with E-state index < -0.39 is 0 Å². The van der Waals surface area contributed by atoms with Crippen LogP contribution >= 0.6 is 11.3 Å². The van der Waals surface area contributed by atoms with Crippen molar-refractivity contribution in [2.24, 2.45) is 0 Å². The molecule has 0 amide bonds. The number of ether oxygens (including phenoxy) is 1. The summed E-state index contributed by atoms with van der Waals surface area (Å²) in [5.74, 6) is 1.84. The van der Waals surface area contributed by atoms with Gasteiger partial charge in [-0.1, -0.05) is 29.8 Å². The van der Waals surface area contributed by atoms with Crippen LogP contribution in [-0.4, -0.2) is 41.2 Å². The number of nitrogens with zero attached hydrogens (tertiary/aromatic N) is 3. The zero-order valence-corrected chi connectivity index (χ0v) is 17.0. The number of nitrogens with one attached hydrogen (secondary N) is 1. The van der Waals surface area contributed by atoms with Gasteiger partial charge in [-0.2, -0.15) is 0 Å². The Kier molecular flexibility index (Phi) is 5.38. The number of anilines is 1. The second kappa shape index (κ2) is 7.92. The molecule has 0 spiro atoms. The van der Waals surface area contributed by atoms with E-state index in [9.17, 15) is 0 Å². The molecule has 5 nitrogen and oxygen atoms in total. The molecule has 2 aromatic heterocycles. The molecular weight excluding hydrogens is 356 g/mol. The molecule has 0 saturated carbocycles. The number of benzene rings is 1. The van der Waals surface area contributed by atoms with Crippen LogP contribution in [0, 0.1) is 20.8 Å². The van der Waals surface area contributed by atoms with E-state index in [0.717, 1.165) is 61.3 Å². The summed E-state index contributed by atoms with van der Waals surface area (Å²) in [7, 11) is 0. The normalized spacial score (nSPS) is 15.4. The Bertz CT molecular complexity index is 929. The summed E-state index contributed by atoms with van der Waals surface area (Å²) < 4.78 is 5.45. The first-order chi connectivity index (χ1) is 13.1. The lowest BCUT2D eigenvalue weighted by Gasteiger charge is -2.25. The van der Waals surface area contributed by atoms with E-state index >= 15 is 0 Å². The number of fused-ring (bicyclic) bond motifs is 1. The van der Waals surface area contributed by atoms with Crippen molar-refractivity contribution >= 4 is 27.4 Å². The average molecular weight is 383 g/mol. The summed E-state index contributed by atoms with van der Waals surface area (Å²) in [6.07, 6.45) is 0. The standard InChI is InChI=1S/C21H26N4OS/c1-14-4-6-17(7-5-14)12-22-20-19-15(2)16(3)27-21(19)24-18(23-20)13-25-8-10-26-11-9-25/h4-7H,8-13H2,1-3H3,(H,22,23,24). The second-order valence-corrected chi connectivity index (χ2v) is 8.38. The van der Waals surface area contributed by atoms with Gasteiger partial charge < -0.3 is 10.1 Å². The Labute approximate surface area is 164 Å². The van der Waals surface area contributed by atoms with Crippen LogP contribution in [0.1, 0.15) is 27.4 Å². The highest BCUT2D eigenvalue weighted by Gasteiger charge is 2.17. The van der Waals surface area contributed by atoms with Crippen molar-refractivity contribution in [3.05, 3.63) is 51.7 Å². The molecule has 0 bridgehead atoms. The van der Waals surface area contributed by atoms with Gasteiger partial charge in [-0.15, -0.1) is 11.3 Å². The van der Waals surface area contributed by atoms with E-state index in [1.54, 1.807) is 11.3 Å². The van der Waals surface area contributed by atoms with Crippen molar-refractivity contribution in [3.63, 3.8) is 0 Å². The summed E-state index contributed by atoms with van der Waals surface area (Å²) in [5, 5.41) is 4.73. The van der Waals surface area contributed by atoms with Crippen molar-refractivity contribution in [3.8, 4) is 0 Å². The molecule has 142 valence electrons. The third-order valence-corrected chi connectivity index (χ3v) is 6.23. The van der Waals surface area contributed by atoms with Crippen LogP contribution in [0.3, 0.4) is 0 Å². The highest BCUT2D eigenvalue weighted by atomic mass is 32.1. The van der Waals surface area contributed by atoms with Gasteiger partial charge in [-0.25, -0.2) is 9.97 Å². The number of aromatic nitrogens is 2. The highest BCUT2D eigenvalue weighted by Crippen LogP contribution is 2.33. The molecule has 0 radical (unpaired) electrons. The summed E-state index contributed by atoms with van der Waals surface area (Å²) >= 11 is 1.76. The Balaban J connectivity index is 1.62. The van der Waals surface area contributed by atoms with Gasteiger partial charge in [0, 0.05) is 24.5 Å². The lowest BCUT2D eigenvalue weighted by molar-refractivity contribution is 0.0331. The molecule has 27 heavy (non-hydrogen) atoms. The van der Waals surface area contributed by atoms with Crippen LogP contribution < -0.4 is 5.32 Å². The molecule has 3 aromatic rings. The minimum atomic E-state index is 0.762. The number of rotatable bonds is 5. The van der Waals surface area contributed by atoms with Gasteiger partial charge in [0.05, 0.1) is 25.1 Å². The van der Waals surface area contributed by atoms with Crippen LogP contribution in [0.2, 0.25) is 0 Å². The molecule has 0 atom stereocenters. The Morgan fingerprint density at radius 3 is 2.56 bits per heavy atom. The number of aryl methyl sites for hydroxylation is 3. The quantitative estimate of drug-likeness (QED) is 0.721. The van der Waals surface area contributed by atoms with E-state index in [1.807, 2.05) is 0 Å². The van der Waals surface area contributed by atoms with Crippen LogP contribution in [-0.2, 0) is 17.8 Å². The first-order valence-corrected chi connectivity index (χ1v) is 10.3. The lowest BCUT2D eigenvalue weighted by atomic mass is 10.1. The fourth-order valence-electron chi connectivity index (χ4n) is 3.34. The average Bonchev–Trinajstić information content (AvgIpc) is 2.96. The lowest BCUT2D eigenvalue weighted by Crippen LogP contribution is -2.36. The maximum Gasteiger partial charge on any atom is 0.146 e. The van der Waals surface area contributed by atoms with Gasteiger partial charge in [-0.05, 0) is 31.9 Å². The van der Waals surface area contributed by atoms with Crippen molar-refractivity contribution in [2.75, 3.05) is 31.6 Å². The fourth-order valence-corrected chi connectivity index (χ4v) is 4.39. The Morgan fingerprint density at radius 2 is 1.81 bits per heavy atom. The van der Waals surface area contributed by atoms with Crippen molar-refractivity contribution in [1.82, 2.24) is 14.9 Å². The third-order valence-electron chi connectivity index (χ3n) is 5.12. The minimum absolute atomic E-state index is 0.762. The highest BCUT2D eigenvalue weighted by molar-refractivity contribution is 7.18. The first kappa shape index (κ1) is 18.3. The maximum absolute atomic E-state index is 5.45. The molecule has 0 unspecified atom stereocenters. The van der Waals surface area contributed by atoms with Gasteiger partial charge >= 0.3 is 0 Å². The summed E-state index contributed by atoms with van der Waals surface area (Å²) in [6.45, 7) is 11.4. The van der Waals surface area contributed by atoms with E-state index in [0.29, 0.717) is 0 Å². The number of hydrogen-bond donors (Lipinski definition) is 1. The van der Waals surface area contributed by atoms with Gasteiger partial charge in [0.1, 0.15) is 16.5 Å². The predicted octanol–water partition coefficient (Wildman–Crippen LogP) is 4.06. The maximum atomic E-state index is 5.45. The first-order valence-electron chi connectivity index (χ1n) is 9.46. The SMILES string of the molecule is Cc1ccc(CNc2nc(CN3CCOCC3)nc3sc(C)c(C)c23)cc1. The Hall–Kier alpha value is -2.02. The van der Waals surface area contributed by atoms with Crippen LogP contribution in [0.15, 0.2) is 24.3 Å². The topological polar surface area (TPSA) is 50.3 Å². The molecular formula is C21H26N4OS. The zero-order valence-electron chi connectivity index (χ0n) is 16.2. The van der Waals surface area contributed by atoms with Gasteiger partial charge in [0.2, 0.25) is 0 Å². The van der Waals surface area contributed by atoms with Crippen LogP contribution in [0.5, 0.6) is 0 Å².